The molecule has 1 saturated heterocycles. The van der Waals surface area contributed by atoms with Crippen LogP contribution < -0.4 is 10.1 Å². The molecule has 1 aliphatic rings. The van der Waals surface area contributed by atoms with E-state index in [4.69, 9.17) is 9.47 Å². The van der Waals surface area contributed by atoms with Crippen LogP contribution in [0.3, 0.4) is 0 Å². The zero-order valence-corrected chi connectivity index (χ0v) is 18.0. The lowest BCUT2D eigenvalue weighted by molar-refractivity contribution is -0.0295. The highest BCUT2D eigenvalue weighted by Gasteiger charge is 2.42. The molecular formula is C24H23FN4O4. The number of halogens is 1. The van der Waals surface area contributed by atoms with Gasteiger partial charge in [-0.25, -0.2) is 14.4 Å². The molecule has 0 aliphatic carbocycles. The first kappa shape index (κ1) is 21.3. The molecule has 0 spiro atoms. The number of benzene rings is 2. The van der Waals surface area contributed by atoms with Crippen molar-refractivity contribution in [3.8, 4) is 16.9 Å². The quantitative estimate of drug-likeness (QED) is 0.427. The van der Waals surface area contributed by atoms with Crippen LogP contribution in [-0.4, -0.2) is 50.2 Å². The van der Waals surface area contributed by atoms with Crippen molar-refractivity contribution in [1.29, 1.82) is 0 Å². The number of hydrogen-bond acceptors (Lipinski definition) is 7. The second-order valence-corrected chi connectivity index (χ2v) is 7.95. The number of anilines is 2. The fraction of sp³-hybridized carbons (Fsp3) is 0.250. The monoisotopic (exact) mass is 450 g/mol. The molecule has 8 nitrogen and oxygen atoms in total. The summed E-state index contributed by atoms with van der Waals surface area (Å²) < 4.78 is 26.3. The first-order valence-electron chi connectivity index (χ1n) is 10.5. The molecular weight excluding hydrogens is 427 g/mol. The Balaban J connectivity index is 1.70. The minimum atomic E-state index is -1.13. The van der Waals surface area contributed by atoms with Crippen LogP contribution in [0.2, 0.25) is 0 Å². The van der Waals surface area contributed by atoms with Crippen LogP contribution in [0, 0.1) is 5.82 Å². The Labute approximate surface area is 189 Å². The van der Waals surface area contributed by atoms with Crippen molar-refractivity contribution in [3.05, 3.63) is 66.9 Å². The summed E-state index contributed by atoms with van der Waals surface area (Å²) >= 11 is 0. The molecule has 2 aromatic heterocycles. The molecule has 33 heavy (non-hydrogen) atoms. The van der Waals surface area contributed by atoms with Crippen LogP contribution in [0.25, 0.3) is 22.2 Å². The molecule has 0 unspecified atom stereocenters. The number of methoxy groups -OCH3 is 1. The van der Waals surface area contributed by atoms with E-state index in [1.54, 1.807) is 30.7 Å². The number of aliphatic hydroxyl groups excluding tert-OH is 2. The van der Waals surface area contributed by atoms with Gasteiger partial charge in [-0.3, -0.25) is 0 Å². The van der Waals surface area contributed by atoms with Crippen LogP contribution in [0.1, 0.15) is 13.2 Å². The third-order valence-electron chi connectivity index (χ3n) is 5.85. The van der Waals surface area contributed by atoms with E-state index in [0.717, 1.165) is 11.1 Å². The lowest BCUT2D eigenvalue weighted by Crippen LogP contribution is -2.30. The molecule has 1 aliphatic heterocycles. The fourth-order valence-electron chi connectivity index (χ4n) is 4.11. The molecule has 3 N–H and O–H groups in total. The number of nitrogens with one attached hydrogen (secondary N) is 1. The highest BCUT2D eigenvalue weighted by atomic mass is 19.1. The zero-order chi connectivity index (χ0) is 23.1. The Hall–Kier alpha value is -3.53. The predicted octanol–water partition coefficient (Wildman–Crippen LogP) is 3.63. The number of ether oxygens (including phenoxy) is 2. The fourth-order valence-corrected chi connectivity index (χ4v) is 4.11. The Morgan fingerprint density at radius 2 is 1.88 bits per heavy atom. The van der Waals surface area contributed by atoms with Crippen LogP contribution in [0.15, 0.2) is 61.1 Å². The third kappa shape index (κ3) is 3.80. The average Bonchev–Trinajstić information content (AvgIpc) is 3.34. The maximum Gasteiger partial charge on any atom is 0.164 e. The molecule has 5 rings (SSSR count). The maximum absolute atomic E-state index is 13.4. The summed E-state index contributed by atoms with van der Waals surface area (Å²) in [6.45, 7) is 1.71. The summed E-state index contributed by atoms with van der Waals surface area (Å²) in [6, 6.07) is 13.5. The van der Waals surface area contributed by atoms with Gasteiger partial charge in [0.25, 0.3) is 0 Å². The van der Waals surface area contributed by atoms with Gasteiger partial charge in [-0.1, -0.05) is 12.1 Å². The van der Waals surface area contributed by atoms with E-state index in [-0.39, 0.29) is 5.82 Å². The van der Waals surface area contributed by atoms with Crippen molar-refractivity contribution >= 4 is 22.5 Å². The zero-order valence-electron chi connectivity index (χ0n) is 18.0. The van der Waals surface area contributed by atoms with Crippen LogP contribution in [-0.2, 0) is 4.74 Å². The van der Waals surface area contributed by atoms with Crippen LogP contribution in [0.4, 0.5) is 15.9 Å². The topological polar surface area (TPSA) is 102 Å². The number of nitrogens with zero attached hydrogens (tertiary/aromatic N) is 3. The van der Waals surface area contributed by atoms with Gasteiger partial charge in [0.2, 0.25) is 0 Å². The Morgan fingerprint density at radius 3 is 2.58 bits per heavy atom. The molecule has 0 amide bonds. The smallest absolute Gasteiger partial charge is 0.164 e. The number of rotatable bonds is 5. The molecule has 2 aromatic carbocycles. The van der Waals surface area contributed by atoms with Gasteiger partial charge in [-0.2, -0.15) is 0 Å². The highest BCUT2D eigenvalue weighted by Crippen LogP contribution is 2.40. The summed E-state index contributed by atoms with van der Waals surface area (Å²) in [4.78, 5) is 8.89. The molecule has 9 heteroatoms. The largest absolute Gasteiger partial charge is 0.497 e. The average molecular weight is 450 g/mol. The molecule has 0 saturated carbocycles. The summed E-state index contributed by atoms with van der Waals surface area (Å²) in [5.74, 6) is 0.848. The van der Waals surface area contributed by atoms with E-state index in [9.17, 15) is 14.6 Å². The normalized spacial score (nSPS) is 22.6. The standard InChI is InChI=1S/C24H23FN4O4/c1-13-20(30)21(31)24(33-13)29-11-18(14-4-3-5-17(10-14)32-2)19-22(26-12-27-23(19)29)28-16-8-6-15(25)7-9-16/h3-13,20-21,24,30-31H,1-2H3,(H,26,27,28)/t13-,20-,21-,24-/m1/s1. The molecule has 3 heterocycles. The van der Waals surface area contributed by atoms with Gasteiger partial charge in [0.05, 0.1) is 18.6 Å². The lowest BCUT2D eigenvalue weighted by Gasteiger charge is -2.17. The van der Waals surface area contributed by atoms with E-state index >= 15 is 0 Å². The summed E-state index contributed by atoms with van der Waals surface area (Å²) in [6.07, 6.45) is -0.292. The van der Waals surface area contributed by atoms with Gasteiger partial charge in [-0.15, -0.1) is 0 Å². The van der Waals surface area contributed by atoms with Crippen molar-refractivity contribution in [1.82, 2.24) is 14.5 Å². The van der Waals surface area contributed by atoms with Gasteiger partial charge in [0.15, 0.2) is 6.23 Å². The van der Waals surface area contributed by atoms with E-state index in [1.165, 1.54) is 18.5 Å². The molecule has 170 valence electrons. The maximum atomic E-state index is 13.4. The van der Waals surface area contributed by atoms with Crippen LogP contribution >= 0.6 is 0 Å². The van der Waals surface area contributed by atoms with E-state index < -0.39 is 24.5 Å². The van der Waals surface area contributed by atoms with Crippen molar-refractivity contribution in [2.24, 2.45) is 0 Å². The van der Waals surface area contributed by atoms with E-state index in [1.807, 2.05) is 30.5 Å². The summed E-state index contributed by atoms with van der Waals surface area (Å²) in [5.41, 5.74) is 2.79. The first-order valence-corrected chi connectivity index (χ1v) is 10.5. The van der Waals surface area contributed by atoms with Gasteiger partial charge in [-0.05, 0) is 48.9 Å². The number of aromatic nitrogens is 3. The molecule has 1 fully saturated rings. The predicted molar refractivity (Wildman–Crippen MR) is 121 cm³/mol. The van der Waals surface area contributed by atoms with Gasteiger partial charge in [0, 0.05) is 17.4 Å². The second kappa shape index (κ2) is 8.43. The number of aliphatic hydroxyl groups is 2. The SMILES string of the molecule is COc1cccc(-c2cn([C@@H]3O[C@H](C)[C@@H](O)[C@H]3O)c3ncnc(Nc4ccc(F)cc4)c23)c1. The van der Waals surface area contributed by atoms with Gasteiger partial charge in [0.1, 0.15) is 41.6 Å². The molecule has 0 bridgehead atoms. The summed E-state index contributed by atoms with van der Waals surface area (Å²) in [7, 11) is 1.60. The number of hydrogen-bond donors (Lipinski definition) is 3. The minimum absolute atomic E-state index is 0.336. The Morgan fingerprint density at radius 1 is 1.09 bits per heavy atom. The number of fused-ring (bicyclic) bond motifs is 1. The lowest BCUT2D eigenvalue weighted by atomic mass is 10.1. The van der Waals surface area contributed by atoms with Crippen molar-refractivity contribution < 1.29 is 24.1 Å². The van der Waals surface area contributed by atoms with Gasteiger partial charge < -0.3 is 29.6 Å². The molecule has 4 atom stereocenters. The molecule has 0 radical (unpaired) electrons. The second-order valence-electron chi connectivity index (χ2n) is 7.95. The third-order valence-corrected chi connectivity index (χ3v) is 5.85. The Bertz CT molecular complexity index is 1290. The summed E-state index contributed by atoms with van der Waals surface area (Å²) in [5, 5.41) is 24.8. The molecule has 4 aromatic rings. The Kier molecular flexibility index (Phi) is 5.45. The van der Waals surface area contributed by atoms with E-state index in [2.05, 4.69) is 15.3 Å². The van der Waals surface area contributed by atoms with Crippen molar-refractivity contribution in [2.75, 3.05) is 12.4 Å². The van der Waals surface area contributed by atoms with Crippen molar-refractivity contribution in [3.63, 3.8) is 0 Å². The van der Waals surface area contributed by atoms with Crippen molar-refractivity contribution in [2.45, 2.75) is 31.5 Å². The van der Waals surface area contributed by atoms with Gasteiger partial charge >= 0.3 is 0 Å². The minimum Gasteiger partial charge on any atom is -0.497 e. The van der Waals surface area contributed by atoms with Crippen LogP contribution in [0.5, 0.6) is 5.75 Å². The highest BCUT2D eigenvalue weighted by molar-refractivity contribution is 6.02. The van der Waals surface area contributed by atoms with E-state index in [0.29, 0.717) is 28.3 Å². The first-order chi connectivity index (χ1) is 16.0.